The minimum absolute atomic E-state index is 0. The summed E-state index contributed by atoms with van der Waals surface area (Å²) in [5.74, 6) is 0. The van der Waals surface area contributed by atoms with Gasteiger partial charge in [-0.2, -0.15) is 0 Å². The van der Waals surface area contributed by atoms with Crippen molar-refractivity contribution in [2.24, 2.45) is 0 Å². The Morgan fingerprint density at radius 3 is 2.80 bits per heavy atom. The summed E-state index contributed by atoms with van der Waals surface area (Å²) in [6, 6.07) is 9.27. The smallest absolute Gasteiger partial charge is 0.0346 e. The average molecular weight is 272 g/mol. The molecule has 0 aliphatic carbocycles. The first kappa shape index (κ1) is 16.6. The molecule has 1 aromatic heterocycles. The van der Waals surface area contributed by atoms with E-state index in [1.54, 1.807) is 0 Å². The largest absolute Gasteiger partial charge is 0.310 e. The average Bonchev–Trinajstić information content (AvgIpc) is 2.45. The third-order valence-corrected chi connectivity index (χ3v) is 3.60. The van der Waals surface area contributed by atoms with E-state index in [2.05, 4.69) is 48.4 Å². The highest BCUT2D eigenvalue weighted by atomic mass is 14.9. The Morgan fingerprint density at radius 1 is 1.15 bits per heavy atom. The SMILES string of the molecule is C.CCCCC[C@@H](C)NCc1ccc2cnccc2c1. The Morgan fingerprint density at radius 2 is 2.00 bits per heavy atom. The second-order valence-electron chi connectivity index (χ2n) is 5.33. The van der Waals surface area contributed by atoms with Crippen molar-refractivity contribution < 1.29 is 0 Å². The van der Waals surface area contributed by atoms with E-state index in [-0.39, 0.29) is 7.43 Å². The zero-order chi connectivity index (χ0) is 13.5. The van der Waals surface area contributed by atoms with Crippen LogP contribution in [0.2, 0.25) is 0 Å². The Kier molecular flexibility index (Phi) is 7.24. The number of unbranched alkanes of at least 4 members (excludes halogenated alkanes) is 2. The number of hydrogen-bond acceptors (Lipinski definition) is 2. The van der Waals surface area contributed by atoms with Gasteiger partial charge in [0.25, 0.3) is 0 Å². The number of pyridine rings is 1. The molecule has 1 heterocycles. The molecule has 0 unspecified atom stereocenters. The zero-order valence-electron chi connectivity index (χ0n) is 12.0. The fraction of sp³-hybridized carbons (Fsp3) is 0.500. The maximum absolute atomic E-state index is 4.14. The van der Waals surface area contributed by atoms with Crippen LogP contribution in [0.15, 0.2) is 36.7 Å². The molecule has 1 atom stereocenters. The predicted molar refractivity (Wildman–Crippen MR) is 88.9 cm³/mol. The first-order chi connectivity index (χ1) is 9.29. The molecule has 0 radical (unpaired) electrons. The van der Waals surface area contributed by atoms with Gasteiger partial charge < -0.3 is 5.32 Å². The van der Waals surface area contributed by atoms with Crippen LogP contribution >= 0.6 is 0 Å². The van der Waals surface area contributed by atoms with Gasteiger partial charge in [-0.05, 0) is 36.4 Å². The second kappa shape index (κ2) is 8.70. The van der Waals surface area contributed by atoms with Gasteiger partial charge in [-0.25, -0.2) is 0 Å². The summed E-state index contributed by atoms with van der Waals surface area (Å²) in [6.45, 7) is 5.48. The molecule has 1 N–H and O–H groups in total. The summed E-state index contributed by atoms with van der Waals surface area (Å²) < 4.78 is 0. The van der Waals surface area contributed by atoms with Crippen LogP contribution in [0.1, 0.15) is 52.5 Å². The molecular weight excluding hydrogens is 244 g/mol. The number of fused-ring (bicyclic) bond motifs is 1. The summed E-state index contributed by atoms with van der Waals surface area (Å²) >= 11 is 0. The summed E-state index contributed by atoms with van der Waals surface area (Å²) in [5, 5.41) is 6.09. The van der Waals surface area contributed by atoms with E-state index in [1.807, 2.05) is 12.4 Å². The van der Waals surface area contributed by atoms with Crippen molar-refractivity contribution in [3.05, 3.63) is 42.2 Å². The lowest BCUT2D eigenvalue weighted by Gasteiger charge is -2.13. The molecule has 2 nitrogen and oxygen atoms in total. The molecule has 20 heavy (non-hydrogen) atoms. The van der Waals surface area contributed by atoms with Crippen molar-refractivity contribution in [3.63, 3.8) is 0 Å². The van der Waals surface area contributed by atoms with Gasteiger partial charge in [0.05, 0.1) is 0 Å². The third-order valence-electron chi connectivity index (χ3n) is 3.60. The third kappa shape index (κ3) is 4.93. The van der Waals surface area contributed by atoms with Crippen molar-refractivity contribution >= 4 is 10.8 Å². The van der Waals surface area contributed by atoms with Crippen molar-refractivity contribution in [2.75, 3.05) is 0 Å². The topological polar surface area (TPSA) is 24.9 Å². The molecule has 110 valence electrons. The molecule has 0 amide bonds. The van der Waals surface area contributed by atoms with Gasteiger partial charge in [-0.3, -0.25) is 4.98 Å². The number of nitrogens with one attached hydrogen (secondary N) is 1. The second-order valence-corrected chi connectivity index (χ2v) is 5.33. The van der Waals surface area contributed by atoms with Gasteiger partial charge in [0, 0.05) is 30.4 Å². The lowest BCUT2D eigenvalue weighted by Crippen LogP contribution is -2.25. The Labute approximate surface area is 123 Å². The molecular formula is C18H28N2. The summed E-state index contributed by atoms with van der Waals surface area (Å²) in [4.78, 5) is 4.14. The number of benzene rings is 1. The molecule has 0 saturated carbocycles. The van der Waals surface area contributed by atoms with Gasteiger partial charge in [-0.15, -0.1) is 0 Å². The standard InChI is InChI=1S/C17H24N2.CH4/c1-3-4-5-6-14(2)19-12-15-7-8-17-13-18-10-9-16(17)11-15;/h7-11,13-14,19H,3-6,12H2,1-2H3;1H4/t14-;/m1./s1. The number of aromatic nitrogens is 1. The first-order valence-corrected chi connectivity index (χ1v) is 7.35. The molecule has 2 rings (SSSR count). The van der Waals surface area contributed by atoms with Crippen molar-refractivity contribution in [1.29, 1.82) is 0 Å². The van der Waals surface area contributed by atoms with E-state index in [9.17, 15) is 0 Å². The van der Waals surface area contributed by atoms with Gasteiger partial charge in [0.15, 0.2) is 0 Å². The molecule has 0 aliphatic heterocycles. The number of rotatable bonds is 7. The molecule has 1 aromatic carbocycles. The van der Waals surface area contributed by atoms with Crippen molar-refractivity contribution in [1.82, 2.24) is 10.3 Å². The van der Waals surface area contributed by atoms with E-state index in [0.717, 1.165) is 6.54 Å². The summed E-state index contributed by atoms with van der Waals surface area (Å²) in [5.41, 5.74) is 1.35. The minimum Gasteiger partial charge on any atom is -0.310 e. The molecule has 0 spiro atoms. The van der Waals surface area contributed by atoms with Crippen LogP contribution in [0.3, 0.4) is 0 Å². The highest BCUT2D eigenvalue weighted by Gasteiger charge is 2.02. The van der Waals surface area contributed by atoms with E-state index in [1.165, 1.54) is 42.0 Å². The predicted octanol–water partition coefficient (Wildman–Crippen LogP) is 4.93. The first-order valence-electron chi connectivity index (χ1n) is 7.35. The fourth-order valence-corrected chi connectivity index (χ4v) is 2.34. The number of nitrogens with zero attached hydrogens (tertiary/aromatic N) is 1. The molecule has 0 aliphatic rings. The van der Waals surface area contributed by atoms with Crippen LogP contribution in [0.4, 0.5) is 0 Å². The van der Waals surface area contributed by atoms with E-state index < -0.39 is 0 Å². The van der Waals surface area contributed by atoms with Crippen LogP contribution < -0.4 is 5.32 Å². The van der Waals surface area contributed by atoms with Crippen molar-refractivity contribution in [3.8, 4) is 0 Å². The Bertz CT molecular complexity index is 507. The fourth-order valence-electron chi connectivity index (χ4n) is 2.34. The Balaban J connectivity index is 0.00000200. The lowest BCUT2D eigenvalue weighted by molar-refractivity contribution is 0.487. The van der Waals surface area contributed by atoms with Gasteiger partial charge in [0.1, 0.15) is 0 Å². The van der Waals surface area contributed by atoms with Crippen molar-refractivity contribution in [2.45, 2.75) is 59.5 Å². The van der Waals surface area contributed by atoms with Crippen LogP contribution in [-0.2, 0) is 6.54 Å². The van der Waals surface area contributed by atoms with E-state index >= 15 is 0 Å². The molecule has 2 aromatic rings. The van der Waals surface area contributed by atoms with E-state index in [4.69, 9.17) is 0 Å². The normalized spacial score (nSPS) is 12.1. The Hall–Kier alpha value is -1.41. The van der Waals surface area contributed by atoms with E-state index in [0.29, 0.717) is 6.04 Å². The summed E-state index contributed by atoms with van der Waals surface area (Å²) in [6.07, 6.45) is 9.01. The molecule has 2 heteroatoms. The maximum atomic E-state index is 4.14. The number of hydrogen-bond donors (Lipinski definition) is 1. The molecule has 0 bridgehead atoms. The highest BCUT2D eigenvalue weighted by Crippen LogP contribution is 2.14. The van der Waals surface area contributed by atoms with Gasteiger partial charge in [-0.1, -0.05) is 45.7 Å². The quantitative estimate of drug-likeness (QED) is 0.723. The lowest BCUT2D eigenvalue weighted by atomic mass is 10.1. The highest BCUT2D eigenvalue weighted by molar-refractivity contribution is 5.81. The maximum Gasteiger partial charge on any atom is 0.0346 e. The monoisotopic (exact) mass is 272 g/mol. The zero-order valence-corrected chi connectivity index (χ0v) is 12.0. The molecule has 0 saturated heterocycles. The van der Waals surface area contributed by atoms with Gasteiger partial charge in [0.2, 0.25) is 0 Å². The van der Waals surface area contributed by atoms with Crippen LogP contribution in [-0.4, -0.2) is 11.0 Å². The molecule has 0 fully saturated rings. The van der Waals surface area contributed by atoms with Gasteiger partial charge >= 0.3 is 0 Å². The van der Waals surface area contributed by atoms with Crippen LogP contribution in [0, 0.1) is 0 Å². The van der Waals surface area contributed by atoms with Crippen LogP contribution in [0.5, 0.6) is 0 Å². The van der Waals surface area contributed by atoms with Crippen LogP contribution in [0.25, 0.3) is 10.8 Å². The summed E-state index contributed by atoms with van der Waals surface area (Å²) in [7, 11) is 0. The minimum atomic E-state index is 0.